The number of hydrogen-bond acceptors (Lipinski definition) is 4. The summed E-state index contributed by atoms with van der Waals surface area (Å²) >= 11 is 5.89. The second-order valence-corrected chi connectivity index (χ2v) is 6.62. The molecule has 27 heavy (non-hydrogen) atoms. The minimum absolute atomic E-state index is 0.0540. The van der Waals surface area contributed by atoms with Crippen LogP contribution in [0.5, 0.6) is 5.75 Å². The van der Waals surface area contributed by atoms with Gasteiger partial charge in [-0.25, -0.2) is 4.98 Å². The molecule has 0 saturated heterocycles. The number of amides is 1. The first-order valence-electron chi connectivity index (χ1n) is 8.69. The number of carbonyl (C=O) groups is 1. The molecule has 0 saturated carbocycles. The van der Waals surface area contributed by atoms with Crippen LogP contribution in [-0.4, -0.2) is 18.0 Å². The van der Waals surface area contributed by atoms with E-state index in [1.807, 2.05) is 55.5 Å². The van der Waals surface area contributed by atoms with Gasteiger partial charge in [0.15, 0.2) is 11.7 Å². The number of methoxy groups -OCH3 is 1. The molecule has 1 heterocycles. The fraction of sp³-hybridized carbons (Fsp3) is 0.238. The number of halogens is 1. The molecule has 5 nitrogen and oxygen atoms in total. The molecule has 0 spiro atoms. The van der Waals surface area contributed by atoms with Crippen molar-refractivity contribution in [2.45, 2.75) is 25.8 Å². The highest BCUT2D eigenvalue weighted by atomic mass is 35.5. The molecule has 1 N–H and O–H groups in total. The van der Waals surface area contributed by atoms with Crippen molar-refractivity contribution in [3.05, 3.63) is 71.2 Å². The number of aryl methyl sites for hydroxylation is 1. The number of carbonyl (C=O) groups excluding carboxylic acids is 1. The Morgan fingerprint density at radius 3 is 2.56 bits per heavy atom. The van der Waals surface area contributed by atoms with Crippen LogP contribution in [0.25, 0.3) is 11.3 Å². The van der Waals surface area contributed by atoms with Crippen molar-refractivity contribution >= 4 is 17.5 Å². The summed E-state index contributed by atoms with van der Waals surface area (Å²) in [5, 5.41) is 3.65. The number of rotatable bonds is 7. The molecule has 3 rings (SSSR count). The van der Waals surface area contributed by atoms with E-state index in [0.29, 0.717) is 29.5 Å². The number of nitrogens with one attached hydrogen (secondary N) is 1. The van der Waals surface area contributed by atoms with Gasteiger partial charge >= 0.3 is 0 Å². The van der Waals surface area contributed by atoms with Crippen LogP contribution in [0.4, 0.5) is 0 Å². The van der Waals surface area contributed by atoms with Gasteiger partial charge in [-0.1, -0.05) is 23.7 Å². The predicted octanol–water partition coefficient (Wildman–Crippen LogP) is 4.81. The quantitative estimate of drug-likeness (QED) is 0.634. The van der Waals surface area contributed by atoms with Gasteiger partial charge in [-0.05, 0) is 48.9 Å². The van der Waals surface area contributed by atoms with E-state index < -0.39 is 0 Å². The lowest BCUT2D eigenvalue weighted by atomic mass is 10.1. The van der Waals surface area contributed by atoms with Crippen LogP contribution in [0, 0.1) is 0 Å². The van der Waals surface area contributed by atoms with E-state index in [-0.39, 0.29) is 11.9 Å². The molecule has 0 aliphatic rings. The van der Waals surface area contributed by atoms with E-state index in [0.717, 1.165) is 16.9 Å². The Balaban J connectivity index is 1.53. The van der Waals surface area contributed by atoms with Crippen molar-refractivity contribution in [2.75, 3.05) is 7.11 Å². The Morgan fingerprint density at radius 2 is 1.89 bits per heavy atom. The van der Waals surface area contributed by atoms with Crippen molar-refractivity contribution in [1.82, 2.24) is 10.3 Å². The topological polar surface area (TPSA) is 64.4 Å². The van der Waals surface area contributed by atoms with E-state index >= 15 is 0 Å². The molecule has 0 radical (unpaired) electrons. The van der Waals surface area contributed by atoms with Crippen LogP contribution in [0.2, 0.25) is 5.02 Å². The van der Waals surface area contributed by atoms with Crippen LogP contribution in [0.15, 0.2) is 59.1 Å². The summed E-state index contributed by atoms with van der Waals surface area (Å²) < 4.78 is 10.9. The van der Waals surface area contributed by atoms with Gasteiger partial charge in [-0.3, -0.25) is 4.79 Å². The zero-order chi connectivity index (χ0) is 19.2. The number of nitrogens with zero attached hydrogens (tertiary/aromatic N) is 1. The fourth-order valence-corrected chi connectivity index (χ4v) is 2.81. The molecule has 1 unspecified atom stereocenters. The first-order chi connectivity index (χ1) is 13.0. The molecule has 0 fully saturated rings. The summed E-state index contributed by atoms with van der Waals surface area (Å²) in [7, 11) is 1.63. The maximum Gasteiger partial charge on any atom is 0.220 e. The highest BCUT2D eigenvalue weighted by Gasteiger charge is 2.12. The zero-order valence-corrected chi connectivity index (χ0v) is 16.0. The van der Waals surface area contributed by atoms with E-state index in [1.54, 1.807) is 13.3 Å². The first-order valence-corrected chi connectivity index (χ1v) is 9.07. The minimum Gasteiger partial charge on any atom is -0.497 e. The van der Waals surface area contributed by atoms with Crippen molar-refractivity contribution in [1.29, 1.82) is 0 Å². The van der Waals surface area contributed by atoms with Gasteiger partial charge in [0.1, 0.15) is 5.75 Å². The maximum absolute atomic E-state index is 12.2. The van der Waals surface area contributed by atoms with Crippen LogP contribution in [-0.2, 0) is 11.2 Å². The monoisotopic (exact) mass is 384 g/mol. The van der Waals surface area contributed by atoms with E-state index in [4.69, 9.17) is 20.8 Å². The molecule has 3 aromatic rings. The second kappa shape index (κ2) is 8.73. The summed E-state index contributed by atoms with van der Waals surface area (Å²) in [5.74, 6) is 1.93. The Kier molecular flexibility index (Phi) is 6.14. The normalized spacial score (nSPS) is 11.8. The molecule has 140 valence electrons. The summed E-state index contributed by atoms with van der Waals surface area (Å²) in [4.78, 5) is 16.5. The molecule has 0 aliphatic heterocycles. The lowest BCUT2D eigenvalue weighted by Crippen LogP contribution is -2.26. The van der Waals surface area contributed by atoms with Gasteiger partial charge in [0, 0.05) is 23.4 Å². The van der Waals surface area contributed by atoms with E-state index in [9.17, 15) is 4.79 Å². The highest BCUT2D eigenvalue weighted by Crippen LogP contribution is 2.23. The summed E-state index contributed by atoms with van der Waals surface area (Å²) in [6, 6.07) is 14.9. The Bertz CT molecular complexity index is 889. The first kappa shape index (κ1) is 19.0. The fourth-order valence-electron chi connectivity index (χ4n) is 2.68. The van der Waals surface area contributed by atoms with Gasteiger partial charge in [0.2, 0.25) is 5.91 Å². The van der Waals surface area contributed by atoms with Crippen molar-refractivity contribution in [3.63, 3.8) is 0 Å². The lowest BCUT2D eigenvalue weighted by Gasteiger charge is -2.14. The Hall–Kier alpha value is -2.79. The summed E-state index contributed by atoms with van der Waals surface area (Å²) in [5.41, 5.74) is 1.92. The average molecular weight is 385 g/mol. The molecule has 2 aromatic carbocycles. The molecule has 1 amide bonds. The van der Waals surface area contributed by atoms with Crippen LogP contribution in [0.1, 0.15) is 30.8 Å². The molecule has 1 aromatic heterocycles. The number of benzene rings is 2. The third-order valence-electron chi connectivity index (χ3n) is 4.24. The number of aromatic nitrogens is 1. The smallest absolute Gasteiger partial charge is 0.220 e. The zero-order valence-electron chi connectivity index (χ0n) is 15.2. The van der Waals surface area contributed by atoms with Gasteiger partial charge in [0.05, 0.1) is 19.3 Å². The van der Waals surface area contributed by atoms with Gasteiger partial charge in [-0.2, -0.15) is 0 Å². The third kappa shape index (κ3) is 5.11. The predicted molar refractivity (Wildman–Crippen MR) is 105 cm³/mol. The van der Waals surface area contributed by atoms with Gasteiger partial charge in [0.25, 0.3) is 0 Å². The maximum atomic E-state index is 12.2. The molecule has 0 aliphatic carbocycles. The lowest BCUT2D eigenvalue weighted by molar-refractivity contribution is -0.121. The van der Waals surface area contributed by atoms with E-state index in [2.05, 4.69) is 10.3 Å². The molecule has 6 heteroatoms. The number of ether oxygens (including phenoxy) is 1. The van der Waals surface area contributed by atoms with Gasteiger partial charge < -0.3 is 14.5 Å². The molecule has 1 atom stereocenters. The van der Waals surface area contributed by atoms with E-state index in [1.165, 1.54) is 0 Å². The SMILES string of the molecule is COc1ccc(-c2cnc(CCC(=O)NC(C)c3ccc(Cl)cc3)o2)cc1. The Morgan fingerprint density at radius 1 is 1.19 bits per heavy atom. The van der Waals surface area contributed by atoms with Crippen LogP contribution >= 0.6 is 11.6 Å². The second-order valence-electron chi connectivity index (χ2n) is 6.19. The van der Waals surface area contributed by atoms with Crippen molar-refractivity contribution < 1.29 is 13.9 Å². The molecular formula is C21H21ClN2O3. The molecule has 0 bridgehead atoms. The number of hydrogen-bond donors (Lipinski definition) is 1. The largest absolute Gasteiger partial charge is 0.497 e. The van der Waals surface area contributed by atoms with Crippen LogP contribution < -0.4 is 10.1 Å². The number of oxazole rings is 1. The van der Waals surface area contributed by atoms with Gasteiger partial charge in [-0.15, -0.1) is 0 Å². The summed E-state index contributed by atoms with van der Waals surface area (Å²) in [6.07, 6.45) is 2.42. The standard InChI is InChI=1S/C21H21ClN2O3/c1-14(15-3-7-17(22)8-4-15)24-20(25)11-12-21-23-13-19(27-21)16-5-9-18(26-2)10-6-16/h3-10,13-14H,11-12H2,1-2H3,(H,24,25). The van der Waals surface area contributed by atoms with Crippen molar-refractivity contribution in [3.8, 4) is 17.1 Å². The van der Waals surface area contributed by atoms with Crippen LogP contribution in [0.3, 0.4) is 0 Å². The highest BCUT2D eigenvalue weighted by molar-refractivity contribution is 6.30. The molecular weight excluding hydrogens is 364 g/mol. The Labute approximate surface area is 163 Å². The van der Waals surface area contributed by atoms with Crippen molar-refractivity contribution in [2.24, 2.45) is 0 Å². The third-order valence-corrected chi connectivity index (χ3v) is 4.49. The minimum atomic E-state index is -0.0887. The summed E-state index contributed by atoms with van der Waals surface area (Å²) in [6.45, 7) is 1.94. The average Bonchev–Trinajstić information content (AvgIpc) is 3.16.